The molecule has 2 aromatic rings. The number of amides is 2. The predicted octanol–water partition coefficient (Wildman–Crippen LogP) is 3.84. The van der Waals surface area contributed by atoms with Crippen LogP contribution in [0.3, 0.4) is 0 Å². The van der Waals surface area contributed by atoms with Gasteiger partial charge in [0.2, 0.25) is 0 Å². The van der Waals surface area contributed by atoms with Crippen LogP contribution in [0.1, 0.15) is 31.3 Å². The average Bonchev–Trinajstić information content (AvgIpc) is 2.96. The minimum atomic E-state index is -0.0547. The zero-order valence-corrected chi connectivity index (χ0v) is 15.9. The lowest BCUT2D eigenvalue weighted by atomic mass is 9.98. The van der Waals surface area contributed by atoms with Crippen molar-refractivity contribution in [2.24, 2.45) is 5.92 Å². The first-order valence-electron chi connectivity index (χ1n) is 9.35. The summed E-state index contributed by atoms with van der Waals surface area (Å²) in [6.07, 6.45) is 4.07. The molecule has 2 amide bonds. The molecule has 6 nitrogen and oxygen atoms in total. The first kappa shape index (κ1) is 18.3. The fraction of sp³-hybridized carbons (Fsp3) is 0.500. The highest BCUT2D eigenvalue weighted by atomic mass is 16.5. The van der Waals surface area contributed by atoms with Gasteiger partial charge in [0.25, 0.3) is 0 Å². The maximum absolute atomic E-state index is 12.7. The summed E-state index contributed by atoms with van der Waals surface area (Å²) in [6, 6.07) is 7.52. The average molecular weight is 356 g/mol. The minimum Gasteiger partial charge on any atom is -0.492 e. The number of nitrogens with zero attached hydrogens (tertiary/aromatic N) is 3. The zero-order valence-electron chi connectivity index (χ0n) is 15.9. The number of aromatic nitrogens is 2. The molecule has 1 aromatic carbocycles. The van der Waals surface area contributed by atoms with Gasteiger partial charge in [0.1, 0.15) is 11.6 Å². The molecule has 1 aliphatic rings. The van der Waals surface area contributed by atoms with Crippen molar-refractivity contribution in [3.8, 4) is 5.75 Å². The SMILES string of the molecule is CCOc1ccccc1NC(=O)N1CCCC(Cn2c(C)cnc2C)C1. The highest BCUT2D eigenvalue weighted by Gasteiger charge is 2.25. The highest BCUT2D eigenvalue weighted by Crippen LogP contribution is 2.25. The van der Waals surface area contributed by atoms with E-state index in [1.807, 2.05) is 49.2 Å². The number of hydrogen-bond acceptors (Lipinski definition) is 3. The van der Waals surface area contributed by atoms with Crippen LogP contribution >= 0.6 is 0 Å². The maximum atomic E-state index is 12.7. The van der Waals surface area contributed by atoms with Crippen LogP contribution in [-0.2, 0) is 6.54 Å². The summed E-state index contributed by atoms with van der Waals surface area (Å²) >= 11 is 0. The number of piperidine rings is 1. The standard InChI is InChI=1S/C20H28N4O2/c1-4-26-19-10-6-5-9-18(19)22-20(25)23-11-7-8-17(13-23)14-24-15(2)12-21-16(24)3/h5-6,9-10,12,17H,4,7-8,11,13-14H2,1-3H3,(H,22,25). The number of urea groups is 1. The van der Waals surface area contributed by atoms with Crippen LogP contribution < -0.4 is 10.1 Å². The molecule has 6 heteroatoms. The first-order chi connectivity index (χ1) is 12.6. The van der Waals surface area contributed by atoms with Gasteiger partial charge < -0.3 is 19.5 Å². The van der Waals surface area contributed by atoms with E-state index in [4.69, 9.17) is 4.74 Å². The number of carbonyl (C=O) groups excluding carboxylic acids is 1. The first-order valence-corrected chi connectivity index (χ1v) is 9.35. The van der Waals surface area contributed by atoms with Crippen molar-refractivity contribution < 1.29 is 9.53 Å². The van der Waals surface area contributed by atoms with Gasteiger partial charge in [0, 0.05) is 31.5 Å². The number of rotatable bonds is 5. The van der Waals surface area contributed by atoms with Crippen molar-refractivity contribution in [2.75, 3.05) is 25.0 Å². The summed E-state index contributed by atoms with van der Waals surface area (Å²) in [5.41, 5.74) is 1.90. The molecule has 3 rings (SSSR count). The molecule has 1 saturated heterocycles. The number of imidazole rings is 1. The molecule has 0 bridgehead atoms. The Kier molecular flexibility index (Phi) is 5.81. The lowest BCUT2D eigenvalue weighted by Gasteiger charge is -2.33. The number of nitrogens with one attached hydrogen (secondary N) is 1. The molecule has 26 heavy (non-hydrogen) atoms. The molecule has 0 radical (unpaired) electrons. The highest BCUT2D eigenvalue weighted by molar-refractivity contribution is 5.91. The van der Waals surface area contributed by atoms with Crippen molar-refractivity contribution in [3.63, 3.8) is 0 Å². The molecule has 0 saturated carbocycles. The Balaban J connectivity index is 1.63. The number of likely N-dealkylation sites (tertiary alicyclic amines) is 1. The van der Waals surface area contributed by atoms with E-state index in [9.17, 15) is 4.79 Å². The number of ether oxygens (including phenoxy) is 1. The van der Waals surface area contributed by atoms with Gasteiger partial charge in [-0.15, -0.1) is 0 Å². The van der Waals surface area contributed by atoms with Crippen molar-refractivity contribution >= 4 is 11.7 Å². The van der Waals surface area contributed by atoms with Crippen LogP contribution in [0.2, 0.25) is 0 Å². The molecule has 140 valence electrons. The van der Waals surface area contributed by atoms with E-state index in [1.54, 1.807) is 0 Å². The normalized spacial score (nSPS) is 17.2. The fourth-order valence-electron chi connectivity index (χ4n) is 3.56. The quantitative estimate of drug-likeness (QED) is 0.885. The molecule has 1 N–H and O–H groups in total. The largest absolute Gasteiger partial charge is 0.492 e. The van der Waals surface area contributed by atoms with Crippen LogP contribution in [0.15, 0.2) is 30.5 Å². The molecule has 0 aliphatic carbocycles. The lowest BCUT2D eigenvalue weighted by Crippen LogP contribution is -2.43. The summed E-state index contributed by atoms with van der Waals surface area (Å²) in [6.45, 7) is 9.09. The summed E-state index contributed by atoms with van der Waals surface area (Å²) in [5, 5.41) is 3.01. The summed E-state index contributed by atoms with van der Waals surface area (Å²) in [5.74, 6) is 2.19. The van der Waals surface area contributed by atoms with Gasteiger partial charge in [-0.2, -0.15) is 0 Å². The zero-order chi connectivity index (χ0) is 18.5. The number of hydrogen-bond donors (Lipinski definition) is 1. The van der Waals surface area contributed by atoms with Gasteiger partial charge in [0.15, 0.2) is 0 Å². The number of para-hydroxylation sites is 2. The van der Waals surface area contributed by atoms with E-state index >= 15 is 0 Å². The van der Waals surface area contributed by atoms with E-state index in [0.29, 0.717) is 18.3 Å². The van der Waals surface area contributed by atoms with Gasteiger partial charge in [0.05, 0.1) is 12.3 Å². The second-order valence-electron chi connectivity index (χ2n) is 6.87. The number of anilines is 1. The van der Waals surface area contributed by atoms with Gasteiger partial charge in [-0.1, -0.05) is 12.1 Å². The molecular weight excluding hydrogens is 328 g/mol. The Hall–Kier alpha value is -2.50. The van der Waals surface area contributed by atoms with Crippen molar-refractivity contribution in [1.82, 2.24) is 14.5 Å². The van der Waals surface area contributed by atoms with Crippen LogP contribution in [0.4, 0.5) is 10.5 Å². The Morgan fingerprint density at radius 3 is 2.88 bits per heavy atom. The molecule has 1 atom stereocenters. The molecule has 1 aliphatic heterocycles. The van der Waals surface area contributed by atoms with Crippen molar-refractivity contribution in [1.29, 1.82) is 0 Å². The second kappa shape index (κ2) is 8.25. The third kappa shape index (κ3) is 4.18. The monoisotopic (exact) mass is 356 g/mol. The van der Waals surface area contributed by atoms with Crippen LogP contribution in [-0.4, -0.2) is 40.2 Å². The molecule has 1 aromatic heterocycles. The number of aryl methyl sites for hydroxylation is 2. The third-order valence-electron chi connectivity index (χ3n) is 4.93. The topological polar surface area (TPSA) is 59.4 Å². The van der Waals surface area contributed by atoms with Gasteiger partial charge in [-0.3, -0.25) is 0 Å². The predicted molar refractivity (Wildman–Crippen MR) is 103 cm³/mol. The van der Waals surface area contributed by atoms with Crippen molar-refractivity contribution in [2.45, 2.75) is 40.2 Å². The van der Waals surface area contributed by atoms with Crippen LogP contribution in [0.25, 0.3) is 0 Å². The molecule has 0 spiro atoms. The van der Waals surface area contributed by atoms with Crippen LogP contribution in [0.5, 0.6) is 5.75 Å². The fourth-order valence-corrected chi connectivity index (χ4v) is 3.56. The second-order valence-corrected chi connectivity index (χ2v) is 6.87. The van der Waals surface area contributed by atoms with E-state index < -0.39 is 0 Å². The van der Waals surface area contributed by atoms with E-state index in [-0.39, 0.29) is 6.03 Å². The Labute approximate surface area is 155 Å². The Morgan fingerprint density at radius 2 is 2.15 bits per heavy atom. The Bertz CT molecular complexity index is 737. The van der Waals surface area contributed by atoms with E-state index in [1.165, 1.54) is 5.69 Å². The summed E-state index contributed by atoms with van der Waals surface area (Å²) in [7, 11) is 0. The third-order valence-corrected chi connectivity index (χ3v) is 4.93. The lowest BCUT2D eigenvalue weighted by molar-refractivity contribution is 0.170. The molecule has 1 unspecified atom stereocenters. The number of benzene rings is 1. The molecule has 2 heterocycles. The Morgan fingerprint density at radius 1 is 1.35 bits per heavy atom. The smallest absolute Gasteiger partial charge is 0.321 e. The molecule has 1 fully saturated rings. The van der Waals surface area contributed by atoms with Gasteiger partial charge in [-0.05, 0) is 51.7 Å². The summed E-state index contributed by atoms with van der Waals surface area (Å²) < 4.78 is 7.85. The van der Waals surface area contributed by atoms with Crippen LogP contribution in [0, 0.1) is 19.8 Å². The van der Waals surface area contributed by atoms with Gasteiger partial charge in [-0.25, -0.2) is 9.78 Å². The van der Waals surface area contributed by atoms with Crippen molar-refractivity contribution in [3.05, 3.63) is 42.0 Å². The maximum Gasteiger partial charge on any atom is 0.321 e. The minimum absolute atomic E-state index is 0.0547. The number of carbonyl (C=O) groups is 1. The summed E-state index contributed by atoms with van der Waals surface area (Å²) in [4.78, 5) is 19.0. The van der Waals surface area contributed by atoms with E-state index in [0.717, 1.165) is 44.0 Å². The molecular formula is C20H28N4O2. The van der Waals surface area contributed by atoms with Gasteiger partial charge >= 0.3 is 6.03 Å². The van der Waals surface area contributed by atoms with E-state index in [2.05, 4.69) is 21.8 Å².